The lowest BCUT2D eigenvalue weighted by Gasteiger charge is -2.40. The lowest BCUT2D eigenvalue weighted by Crippen LogP contribution is -2.60. The zero-order valence-corrected chi connectivity index (χ0v) is 51.4. The molecule has 0 spiro atoms. The van der Waals surface area contributed by atoms with E-state index in [1.165, 1.54) is 283 Å². The molecule has 7 atom stereocenters. The lowest BCUT2D eigenvalue weighted by molar-refractivity contribution is -0.302. The number of ether oxygens (including phenoxy) is 2. The maximum Gasteiger partial charge on any atom is 0.220 e. The second kappa shape index (κ2) is 58.6. The summed E-state index contributed by atoms with van der Waals surface area (Å²) in [5.74, 6) is -0.181. The van der Waals surface area contributed by atoms with Crippen LogP contribution >= 0.6 is 0 Å². The predicted octanol–water partition coefficient (Wildman–Crippen LogP) is 18.3. The van der Waals surface area contributed by atoms with Crippen molar-refractivity contribution in [3.8, 4) is 0 Å². The number of hydrogen-bond acceptors (Lipinski definition) is 8. The minimum absolute atomic E-state index is 0.181. The van der Waals surface area contributed by atoms with Gasteiger partial charge in [0.1, 0.15) is 24.4 Å². The van der Waals surface area contributed by atoms with Crippen molar-refractivity contribution in [1.82, 2.24) is 5.32 Å². The molecule has 460 valence electrons. The van der Waals surface area contributed by atoms with Gasteiger partial charge in [-0.3, -0.25) is 4.79 Å². The van der Waals surface area contributed by atoms with E-state index in [1.807, 2.05) is 6.08 Å². The molecule has 1 heterocycles. The molecule has 0 bridgehead atoms. The van der Waals surface area contributed by atoms with E-state index in [4.69, 9.17) is 9.47 Å². The van der Waals surface area contributed by atoms with Gasteiger partial charge < -0.3 is 40.3 Å². The molecule has 1 saturated heterocycles. The van der Waals surface area contributed by atoms with Gasteiger partial charge in [0.15, 0.2) is 6.29 Å². The third-order valence-corrected chi connectivity index (χ3v) is 16.4. The van der Waals surface area contributed by atoms with Crippen LogP contribution in [0.1, 0.15) is 341 Å². The van der Waals surface area contributed by atoms with E-state index in [0.29, 0.717) is 6.42 Å². The van der Waals surface area contributed by atoms with Crippen molar-refractivity contribution in [2.24, 2.45) is 0 Å². The van der Waals surface area contributed by atoms with Gasteiger partial charge in [-0.1, -0.05) is 314 Å². The normalized spacial score (nSPS) is 18.8. The van der Waals surface area contributed by atoms with Gasteiger partial charge in [0.2, 0.25) is 5.91 Å². The van der Waals surface area contributed by atoms with Gasteiger partial charge in [-0.25, -0.2) is 0 Å². The number of allylic oxidation sites excluding steroid dienone is 5. The molecule has 1 aliphatic heterocycles. The molecule has 7 unspecified atom stereocenters. The maximum atomic E-state index is 13.1. The molecule has 9 heteroatoms. The van der Waals surface area contributed by atoms with E-state index in [0.717, 1.165) is 38.5 Å². The van der Waals surface area contributed by atoms with E-state index in [2.05, 4.69) is 43.5 Å². The van der Waals surface area contributed by atoms with Gasteiger partial charge in [-0.05, 0) is 57.8 Å². The molecule has 0 aromatic rings. The summed E-state index contributed by atoms with van der Waals surface area (Å²) in [7, 11) is 0. The molecule has 0 radical (unpaired) electrons. The molecule has 0 saturated carbocycles. The molecular formula is C69H131NO8. The van der Waals surface area contributed by atoms with Crippen LogP contribution in [0.2, 0.25) is 0 Å². The fourth-order valence-electron chi connectivity index (χ4n) is 11.1. The van der Waals surface area contributed by atoms with Crippen molar-refractivity contribution in [1.29, 1.82) is 0 Å². The number of rotatable bonds is 60. The van der Waals surface area contributed by atoms with Gasteiger partial charge in [0.05, 0.1) is 25.4 Å². The first-order valence-corrected chi connectivity index (χ1v) is 34.2. The van der Waals surface area contributed by atoms with Crippen molar-refractivity contribution >= 4 is 5.91 Å². The van der Waals surface area contributed by atoms with Gasteiger partial charge in [-0.2, -0.15) is 0 Å². The second-order valence-corrected chi connectivity index (χ2v) is 24.0. The first kappa shape index (κ1) is 74.4. The zero-order valence-electron chi connectivity index (χ0n) is 51.4. The highest BCUT2D eigenvalue weighted by molar-refractivity contribution is 5.76. The minimum Gasteiger partial charge on any atom is -0.394 e. The Labute approximate surface area is 482 Å². The number of hydrogen-bond donors (Lipinski definition) is 6. The summed E-state index contributed by atoms with van der Waals surface area (Å²) in [6, 6.07) is -0.821. The highest BCUT2D eigenvalue weighted by Gasteiger charge is 2.44. The monoisotopic (exact) mass is 1100 g/mol. The number of nitrogens with one attached hydrogen (secondary N) is 1. The number of amides is 1. The van der Waals surface area contributed by atoms with Crippen molar-refractivity contribution in [2.45, 2.75) is 384 Å². The Kier molecular flexibility index (Phi) is 55.9. The Balaban J connectivity index is 2.08. The Bertz CT molecular complexity index is 1320. The average molecular weight is 1100 g/mol. The fraction of sp³-hybridized carbons (Fsp3) is 0.899. The third-order valence-electron chi connectivity index (χ3n) is 16.4. The summed E-state index contributed by atoms with van der Waals surface area (Å²) in [6.07, 6.45) is 71.2. The number of aliphatic hydroxyl groups is 5. The van der Waals surface area contributed by atoms with Crippen LogP contribution in [0.4, 0.5) is 0 Å². The lowest BCUT2D eigenvalue weighted by atomic mass is 9.99. The highest BCUT2D eigenvalue weighted by atomic mass is 16.7. The molecule has 1 rings (SSSR count). The first-order valence-electron chi connectivity index (χ1n) is 34.2. The van der Waals surface area contributed by atoms with Crippen LogP contribution < -0.4 is 5.32 Å². The van der Waals surface area contributed by atoms with Crippen LogP contribution in [0.15, 0.2) is 36.5 Å². The standard InChI is InChI=1S/C69H131NO8/c1-3-5-7-9-11-13-15-17-19-21-23-24-25-26-27-28-29-30-31-32-33-34-35-36-37-38-39-40-41-43-45-47-49-51-53-55-57-59-65(73)70-62(61-77-69-68(76)67(75)66(74)64(60-71)78-69)63(72)58-56-54-52-50-48-46-44-42-22-20-18-16-14-12-10-8-6-4-2/h30-31,48,50,56,58,62-64,66-69,71-72,74-76H,3-29,32-47,49,51-55,57,59-61H2,1-2H3,(H,70,73)/b31-30-,50-48+,58-56+. The number of aliphatic hydroxyl groups excluding tert-OH is 5. The fourth-order valence-corrected chi connectivity index (χ4v) is 11.1. The Morgan fingerprint density at radius 1 is 0.423 bits per heavy atom. The van der Waals surface area contributed by atoms with E-state index in [-0.39, 0.29) is 12.5 Å². The van der Waals surface area contributed by atoms with Crippen molar-refractivity contribution in [2.75, 3.05) is 13.2 Å². The quantitative estimate of drug-likeness (QED) is 0.0261. The average Bonchev–Trinajstić information content (AvgIpc) is 3.45. The van der Waals surface area contributed by atoms with Crippen LogP contribution in [-0.4, -0.2) is 87.5 Å². The van der Waals surface area contributed by atoms with Gasteiger partial charge in [-0.15, -0.1) is 0 Å². The van der Waals surface area contributed by atoms with E-state index in [1.54, 1.807) is 6.08 Å². The molecule has 9 nitrogen and oxygen atoms in total. The minimum atomic E-state index is -1.57. The molecule has 1 amide bonds. The van der Waals surface area contributed by atoms with Crippen molar-refractivity contribution < 1.29 is 39.8 Å². The first-order chi connectivity index (χ1) is 38.3. The second-order valence-electron chi connectivity index (χ2n) is 24.0. The predicted molar refractivity (Wildman–Crippen MR) is 332 cm³/mol. The summed E-state index contributed by atoms with van der Waals surface area (Å²) in [6.45, 7) is 3.81. The van der Waals surface area contributed by atoms with Crippen LogP contribution in [0, 0.1) is 0 Å². The summed E-state index contributed by atoms with van der Waals surface area (Å²) in [5.41, 5.74) is 0. The Hall–Kier alpha value is -1.59. The topological polar surface area (TPSA) is 149 Å². The molecule has 0 aromatic heterocycles. The van der Waals surface area contributed by atoms with Crippen LogP contribution in [0.25, 0.3) is 0 Å². The Morgan fingerprint density at radius 3 is 1.08 bits per heavy atom. The van der Waals surface area contributed by atoms with Gasteiger partial charge in [0.25, 0.3) is 0 Å². The van der Waals surface area contributed by atoms with Crippen molar-refractivity contribution in [3.63, 3.8) is 0 Å². The molecule has 1 fully saturated rings. The summed E-state index contributed by atoms with van der Waals surface area (Å²) >= 11 is 0. The summed E-state index contributed by atoms with van der Waals surface area (Å²) in [4.78, 5) is 13.1. The molecule has 0 aliphatic carbocycles. The largest absolute Gasteiger partial charge is 0.394 e. The number of carbonyl (C=O) groups is 1. The number of carbonyl (C=O) groups excluding carboxylic acids is 1. The summed E-state index contributed by atoms with van der Waals surface area (Å²) < 4.78 is 11.3. The zero-order chi connectivity index (χ0) is 56.5. The smallest absolute Gasteiger partial charge is 0.220 e. The van der Waals surface area contributed by atoms with E-state index in [9.17, 15) is 30.3 Å². The Morgan fingerprint density at radius 2 is 0.731 bits per heavy atom. The van der Waals surface area contributed by atoms with Crippen LogP contribution in [0.3, 0.4) is 0 Å². The summed E-state index contributed by atoms with van der Waals surface area (Å²) in [5, 5.41) is 54.6. The van der Waals surface area contributed by atoms with Gasteiger partial charge in [0, 0.05) is 6.42 Å². The number of unbranched alkanes of at least 4 members (excludes halogenated alkanes) is 46. The third kappa shape index (κ3) is 47.0. The van der Waals surface area contributed by atoms with Crippen LogP contribution in [0.5, 0.6) is 0 Å². The maximum absolute atomic E-state index is 13.1. The van der Waals surface area contributed by atoms with E-state index < -0.39 is 49.5 Å². The van der Waals surface area contributed by atoms with Crippen LogP contribution in [-0.2, 0) is 14.3 Å². The van der Waals surface area contributed by atoms with Gasteiger partial charge >= 0.3 is 0 Å². The molecule has 1 aliphatic rings. The van der Waals surface area contributed by atoms with Crippen molar-refractivity contribution in [3.05, 3.63) is 36.5 Å². The molecule has 0 aromatic carbocycles. The molecular weight excluding hydrogens is 971 g/mol. The molecule has 6 N–H and O–H groups in total. The van der Waals surface area contributed by atoms with E-state index >= 15 is 0 Å². The molecule has 78 heavy (non-hydrogen) atoms. The SMILES string of the molecule is CCCCCCCCCCCCCC/C=C/CC/C=C/C(O)C(COC1OC(CO)C(O)C(O)C1O)NC(=O)CCCCCCCCCCCCCCCCCCC/C=C\CCCCCCCCCCCCCCCCCC. The highest BCUT2D eigenvalue weighted by Crippen LogP contribution is 2.23.